The number of rotatable bonds is 10. The number of alkyl halides is 1. The second-order valence-electron chi connectivity index (χ2n) is 5.40. The van der Waals surface area contributed by atoms with E-state index in [1.807, 2.05) is 4.72 Å². The number of hydrogen-bond donors (Lipinski definition) is 2. The lowest BCUT2D eigenvalue weighted by Gasteiger charge is -2.08. The van der Waals surface area contributed by atoms with Crippen LogP contribution in [0.4, 0.5) is 10.1 Å². The van der Waals surface area contributed by atoms with E-state index in [4.69, 9.17) is 0 Å². The molecule has 0 atom stereocenters. The maximum absolute atomic E-state index is 12.1. The molecule has 6 nitrogen and oxygen atoms in total. The predicted molar refractivity (Wildman–Crippen MR) is 89.8 cm³/mol. The van der Waals surface area contributed by atoms with Crippen molar-refractivity contribution in [2.45, 2.75) is 50.3 Å². The van der Waals surface area contributed by atoms with Gasteiger partial charge in [0.1, 0.15) is 0 Å². The van der Waals surface area contributed by atoms with E-state index < -0.39 is 28.5 Å². The van der Waals surface area contributed by atoms with E-state index in [-0.39, 0.29) is 17.0 Å². The first-order chi connectivity index (χ1) is 11.4. The molecule has 1 rings (SSSR count). The normalized spacial score (nSPS) is 11.1. The molecule has 0 unspecified atom stereocenters. The van der Waals surface area contributed by atoms with Gasteiger partial charge in [-0.25, -0.2) is 17.5 Å². The van der Waals surface area contributed by atoms with Gasteiger partial charge in [0.2, 0.25) is 5.91 Å². The van der Waals surface area contributed by atoms with Crippen molar-refractivity contribution in [1.82, 2.24) is 4.72 Å². The zero-order chi connectivity index (χ0) is 18.0. The molecule has 8 heteroatoms. The van der Waals surface area contributed by atoms with Crippen LogP contribution in [0.3, 0.4) is 0 Å². The Morgan fingerprint density at radius 2 is 1.62 bits per heavy atom. The Morgan fingerprint density at radius 3 is 2.21 bits per heavy atom. The van der Waals surface area contributed by atoms with E-state index in [0.29, 0.717) is 6.42 Å². The third kappa shape index (κ3) is 7.08. The summed E-state index contributed by atoms with van der Waals surface area (Å²) in [6.45, 7) is 0.932. The Kier molecular flexibility index (Phi) is 8.39. The van der Waals surface area contributed by atoms with Gasteiger partial charge in [-0.05, 0) is 30.7 Å². The minimum Gasteiger partial charge on any atom is -0.324 e. The number of unbranched alkanes of at least 4 members (excludes halogenated alkanes) is 4. The maximum Gasteiger partial charge on any atom is 0.264 e. The van der Waals surface area contributed by atoms with Crippen LogP contribution in [-0.4, -0.2) is 26.9 Å². The van der Waals surface area contributed by atoms with Crippen molar-refractivity contribution < 1.29 is 22.4 Å². The summed E-state index contributed by atoms with van der Waals surface area (Å²) >= 11 is 0. The summed E-state index contributed by atoms with van der Waals surface area (Å²) in [5.74, 6) is -1.36. The number of nitrogens with one attached hydrogen (secondary N) is 2. The first-order valence-electron chi connectivity index (χ1n) is 7.90. The van der Waals surface area contributed by atoms with E-state index in [0.717, 1.165) is 25.7 Å². The van der Waals surface area contributed by atoms with Gasteiger partial charge in [-0.2, -0.15) is 0 Å². The van der Waals surface area contributed by atoms with Gasteiger partial charge >= 0.3 is 0 Å². The number of benzene rings is 1. The van der Waals surface area contributed by atoms with Crippen LogP contribution in [0.25, 0.3) is 0 Å². The van der Waals surface area contributed by atoms with Crippen molar-refractivity contribution in [3.63, 3.8) is 0 Å². The molecule has 0 bridgehead atoms. The van der Waals surface area contributed by atoms with Crippen molar-refractivity contribution in [3.8, 4) is 0 Å². The minimum absolute atomic E-state index is 0.0971. The summed E-state index contributed by atoms with van der Waals surface area (Å²) in [4.78, 5) is 22.5. The Labute approximate surface area is 141 Å². The van der Waals surface area contributed by atoms with Gasteiger partial charge in [0.15, 0.2) is 6.67 Å². The van der Waals surface area contributed by atoms with Crippen LogP contribution in [0, 0.1) is 0 Å². The quantitative estimate of drug-likeness (QED) is 0.629. The molecular formula is C16H23FN2O4S. The number of carbonyl (C=O) groups excluding carboxylic acids is 2. The lowest BCUT2D eigenvalue weighted by atomic mass is 10.1. The summed E-state index contributed by atoms with van der Waals surface area (Å²) in [5.41, 5.74) is 0.277. The molecule has 0 spiro atoms. The highest BCUT2D eigenvalue weighted by molar-refractivity contribution is 7.90. The zero-order valence-electron chi connectivity index (χ0n) is 13.7. The van der Waals surface area contributed by atoms with Gasteiger partial charge in [0, 0.05) is 12.1 Å². The molecule has 0 saturated carbocycles. The van der Waals surface area contributed by atoms with Crippen molar-refractivity contribution in [2.24, 2.45) is 0 Å². The first-order valence-corrected chi connectivity index (χ1v) is 9.39. The highest BCUT2D eigenvalue weighted by atomic mass is 32.2. The highest BCUT2D eigenvalue weighted by Gasteiger charge is 2.17. The number of carbonyl (C=O) groups is 2. The lowest BCUT2D eigenvalue weighted by Crippen LogP contribution is -2.30. The fourth-order valence-corrected chi connectivity index (χ4v) is 3.07. The van der Waals surface area contributed by atoms with Crippen molar-refractivity contribution in [3.05, 3.63) is 24.3 Å². The molecule has 24 heavy (non-hydrogen) atoms. The predicted octanol–water partition coefficient (Wildman–Crippen LogP) is 2.76. The van der Waals surface area contributed by atoms with E-state index in [1.54, 1.807) is 0 Å². The van der Waals surface area contributed by atoms with Gasteiger partial charge in [0.25, 0.3) is 15.9 Å². The van der Waals surface area contributed by atoms with E-state index in [2.05, 4.69) is 12.2 Å². The fraction of sp³-hybridized carbons (Fsp3) is 0.500. The van der Waals surface area contributed by atoms with Crippen molar-refractivity contribution in [1.29, 1.82) is 0 Å². The molecule has 1 aromatic rings. The standard InChI is InChI=1S/C16H23FN2O4S/c1-2-3-4-5-6-7-15(20)19-24(22,23)14-10-8-13(9-11-14)18-16(21)12-17/h8-11H,2-7,12H2,1H3,(H,18,21)(H,19,20). The Balaban J connectivity index is 2.55. The van der Waals surface area contributed by atoms with Crippen LogP contribution in [0.1, 0.15) is 45.4 Å². The second-order valence-corrected chi connectivity index (χ2v) is 7.08. The molecule has 0 saturated heterocycles. The second kappa shape index (κ2) is 10.0. The van der Waals surface area contributed by atoms with Crippen LogP contribution >= 0.6 is 0 Å². The SMILES string of the molecule is CCCCCCCC(=O)NS(=O)(=O)c1ccc(NC(=O)CF)cc1. The van der Waals surface area contributed by atoms with E-state index >= 15 is 0 Å². The molecule has 0 aliphatic rings. The largest absolute Gasteiger partial charge is 0.324 e. The van der Waals surface area contributed by atoms with Gasteiger partial charge in [-0.1, -0.05) is 32.6 Å². The molecule has 0 fully saturated rings. The van der Waals surface area contributed by atoms with Crippen LogP contribution in [0.15, 0.2) is 29.2 Å². The van der Waals surface area contributed by atoms with Crippen LogP contribution < -0.4 is 10.0 Å². The number of hydrogen-bond acceptors (Lipinski definition) is 4. The molecule has 0 radical (unpaired) electrons. The number of sulfonamides is 1. The highest BCUT2D eigenvalue weighted by Crippen LogP contribution is 2.14. The molecule has 2 amide bonds. The van der Waals surface area contributed by atoms with E-state index in [9.17, 15) is 22.4 Å². The average molecular weight is 358 g/mol. The third-order valence-corrected chi connectivity index (χ3v) is 4.71. The van der Waals surface area contributed by atoms with Crippen molar-refractivity contribution in [2.75, 3.05) is 12.0 Å². The number of anilines is 1. The summed E-state index contributed by atoms with van der Waals surface area (Å²) < 4.78 is 38.3. The van der Waals surface area contributed by atoms with Gasteiger partial charge in [-0.3, -0.25) is 9.59 Å². The molecule has 0 aliphatic carbocycles. The maximum atomic E-state index is 12.1. The lowest BCUT2D eigenvalue weighted by molar-refractivity contribution is -0.119. The average Bonchev–Trinajstić information content (AvgIpc) is 2.54. The third-order valence-electron chi connectivity index (χ3n) is 3.33. The zero-order valence-corrected chi connectivity index (χ0v) is 14.5. The minimum atomic E-state index is -3.94. The molecular weight excluding hydrogens is 335 g/mol. The van der Waals surface area contributed by atoms with Gasteiger partial charge < -0.3 is 5.32 Å². The van der Waals surface area contributed by atoms with Gasteiger partial charge in [0.05, 0.1) is 4.90 Å². The summed E-state index contributed by atoms with van der Waals surface area (Å²) in [7, 11) is -3.94. The molecule has 0 heterocycles. The van der Waals surface area contributed by atoms with Crippen LogP contribution in [0.2, 0.25) is 0 Å². The Hall–Kier alpha value is -1.96. The first kappa shape index (κ1) is 20.1. The molecule has 134 valence electrons. The molecule has 2 N–H and O–H groups in total. The molecule has 1 aromatic carbocycles. The summed E-state index contributed by atoms with van der Waals surface area (Å²) in [6, 6.07) is 5.14. The monoisotopic (exact) mass is 358 g/mol. The number of halogens is 1. The van der Waals surface area contributed by atoms with Crippen molar-refractivity contribution >= 4 is 27.5 Å². The fourth-order valence-electron chi connectivity index (χ4n) is 2.06. The summed E-state index contributed by atoms with van der Waals surface area (Å²) in [6.07, 6.45) is 4.93. The van der Waals surface area contributed by atoms with E-state index in [1.165, 1.54) is 24.3 Å². The smallest absolute Gasteiger partial charge is 0.264 e. The topological polar surface area (TPSA) is 92.3 Å². The van der Waals surface area contributed by atoms with Gasteiger partial charge in [-0.15, -0.1) is 0 Å². The molecule has 0 aliphatic heterocycles. The Bertz CT molecular complexity index is 645. The number of amides is 2. The van der Waals surface area contributed by atoms with Crippen LogP contribution in [0.5, 0.6) is 0 Å². The summed E-state index contributed by atoms with van der Waals surface area (Å²) in [5, 5.41) is 2.26. The molecule has 0 aromatic heterocycles. The van der Waals surface area contributed by atoms with Crippen LogP contribution in [-0.2, 0) is 19.6 Å². The Morgan fingerprint density at radius 1 is 1.00 bits per heavy atom.